The molecule has 0 saturated carbocycles. The molecule has 0 atom stereocenters. The van der Waals surface area contributed by atoms with E-state index in [9.17, 15) is 4.79 Å². The molecule has 0 heterocycles. The first-order chi connectivity index (χ1) is 8.97. The molecule has 19 heavy (non-hydrogen) atoms. The Hall–Kier alpha value is -1.55. The van der Waals surface area contributed by atoms with Crippen LogP contribution in [-0.2, 0) is 9.63 Å². The number of rotatable bonds is 7. The van der Waals surface area contributed by atoms with Crippen LogP contribution in [0.4, 0.5) is 0 Å². The van der Waals surface area contributed by atoms with Gasteiger partial charge in [-0.15, -0.1) is 0 Å². The number of hydrogen-bond donors (Lipinski definition) is 1. The highest BCUT2D eigenvalue weighted by molar-refractivity contribution is 5.74. The van der Waals surface area contributed by atoms with Gasteiger partial charge >= 0.3 is 0 Å². The largest absolute Gasteiger partial charge is 0.493 e. The standard InChI is InChI=1S/C15H23NO3/c1-11(2)10-19-16-15(17)5-6-18-14-8-12(3)7-13(4)9-14/h7-9,11H,5-6,10H2,1-4H3,(H,16,17). The van der Waals surface area contributed by atoms with E-state index in [4.69, 9.17) is 9.57 Å². The van der Waals surface area contributed by atoms with Gasteiger partial charge in [-0.1, -0.05) is 19.9 Å². The molecule has 0 radical (unpaired) electrons. The molecule has 4 heteroatoms. The summed E-state index contributed by atoms with van der Waals surface area (Å²) in [5.41, 5.74) is 4.71. The third-order valence-corrected chi connectivity index (χ3v) is 2.40. The Bertz CT molecular complexity index is 396. The number of benzene rings is 1. The lowest BCUT2D eigenvalue weighted by molar-refractivity contribution is -0.134. The molecule has 0 unspecified atom stereocenters. The summed E-state index contributed by atoms with van der Waals surface area (Å²) in [5, 5.41) is 0. The summed E-state index contributed by atoms with van der Waals surface area (Å²) in [4.78, 5) is 16.5. The minimum atomic E-state index is -0.162. The molecular weight excluding hydrogens is 242 g/mol. The molecule has 0 aliphatic carbocycles. The number of ether oxygens (including phenoxy) is 1. The van der Waals surface area contributed by atoms with E-state index < -0.39 is 0 Å². The lowest BCUT2D eigenvalue weighted by Crippen LogP contribution is -2.26. The van der Waals surface area contributed by atoms with Gasteiger partial charge in [0.15, 0.2) is 0 Å². The monoisotopic (exact) mass is 265 g/mol. The SMILES string of the molecule is Cc1cc(C)cc(OCCC(=O)NOCC(C)C)c1. The zero-order valence-electron chi connectivity index (χ0n) is 12.2. The maximum atomic E-state index is 11.4. The lowest BCUT2D eigenvalue weighted by atomic mass is 10.1. The van der Waals surface area contributed by atoms with Crippen molar-refractivity contribution in [3.63, 3.8) is 0 Å². The molecule has 106 valence electrons. The van der Waals surface area contributed by atoms with E-state index in [1.54, 1.807) is 0 Å². The van der Waals surface area contributed by atoms with Crippen molar-refractivity contribution in [3.05, 3.63) is 29.3 Å². The molecule has 0 spiro atoms. The van der Waals surface area contributed by atoms with Gasteiger partial charge in [0, 0.05) is 0 Å². The number of nitrogens with one attached hydrogen (secondary N) is 1. The summed E-state index contributed by atoms with van der Waals surface area (Å²) in [6.45, 7) is 8.95. The van der Waals surface area contributed by atoms with E-state index in [1.165, 1.54) is 0 Å². The first-order valence-corrected chi connectivity index (χ1v) is 6.59. The number of carbonyl (C=O) groups excluding carboxylic acids is 1. The van der Waals surface area contributed by atoms with E-state index in [2.05, 4.69) is 11.5 Å². The molecule has 0 bridgehead atoms. The van der Waals surface area contributed by atoms with Crippen molar-refractivity contribution in [1.82, 2.24) is 5.48 Å². The van der Waals surface area contributed by atoms with Crippen molar-refractivity contribution in [2.45, 2.75) is 34.1 Å². The molecule has 1 rings (SSSR count). The second-order valence-corrected chi connectivity index (χ2v) is 5.15. The maximum Gasteiger partial charge on any atom is 0.246 e. The zero-order valence-corrected chi connectivity index (χ0v) is 12.2. The van der Waals surface area contributed by atoms with Gasteiger partial charge in [-0.3, -0.25) is 9.63 Å². The quantitative estimate of drug-likeness (QED) is 0.771. The first kappa shape index (κ1) is 15.5. The molecule has 1 amide bonds. The molecule has 0 saturated heterocycles. The Morgan fingerprint density at radius 1 is 1.21 bits per heavy atom. The topological polar surface area (TPSA) is 47.6 Å². The molecule has 0 aliphatic rings. The molecule has 1 aromatic carbocycles. The Balaban J connectivity index is 2.24. The van der Waals surface area contributed by atoms with Crippen LogP contribution in [0.25, 0.3) is 0 Å². The van der Waals surface area contributed by atoms with Gasteiger partial charge in [0.1, 0.15) is 5.75 Å². The smallest absolute Gasteiger partial charge is 0.246 e. The van der Waals surface area contributed by atoms with Gasteiger partial charge in [-0.2, -0.15) is 0 Å². The summed E-state index contributed by atoms with van der Waals surface area (Å²) in [7, 11) is 0. The van der Waals surface area contributed by atoms with Crippen molar-refractivity contribution in [2.24, 2.45) is 5.92 Å². The van der Waals surface area contributed by atoms with Gasteiger partial charge in [-0.25, -0.2) is 5.48 Å². The maximum absolute atomic E-state index is 11.4. The van der Waals surface area contributed by atoms with Gasteiger partial charge in [0.05, 0.1) is 19.6 Å². The summed E-state index contributed by atoms with van der Waals surface area (Å²) < 4.78 is 5.55. The normalized spacial score (nSPS) is 10.6. The number of hydrogen-bond acceptors (Lipinski definition) is 3. The zero-order chi connectivity index (χ0) is 14.3. The van der Waals surface area contributed by atoms with Gasteiger partial charge < -0.3 is 4.74 Å². The fourth-order valence-corrected chi connectivity index (χ4v) is 1.62. The van der Waals surface area contributed by atoms with Gasteiger partial charge in [0.2, 0.25) is 5.91 Å². The van der Waals surface area contributed by atoms with E-state index in [0.717, 1.165) is 16.9 Å². The van der Waals surface area contributed by atoms with Gasteiger partial charge in [0.25, 0.3) is 0 Å². The Kier molecular flexibility index (Phi) is 6.36. The van der Waals surface area contributed by atoms with Crippen molar-refractivity contribution >= 4 is 5.91 Å². The molecule has 1 N–H and O–H groups in total. The fourth-order valence-electron chi connectivity index (χ4n) is 1.62. The van der Waals surface area contributed by atoms with E-state index in [-0.39, 0.29) is 12.3 Å². The average Bonchev–Trinajstić information content (AvgIpc) is 2.27. The summed E-state index contributed by atoms with van der Waals surface area (Å²) in [6, 6.07) is 6.00. The average molecular weight is 265 g/mol. The minimum absolute atomic E-state index is 0.162. The number of aryl methyl sites for hydroxylation is 2. The van der Waals surface area contributed by atoms with Crippen LogP contribution < -0.4 is 10.2 Å². The van der Waals surface area contributed by atoms with Crippen LogP contribution >= 0.6 is 0 Å². The van der Waals surface area contributed by atoms with Crippen LogP contribution in [0.1, 0.15) is 31.4 Å². The third-order valence-electron chi connectivity index (χ3n) is 2.40. The molecule has 4 nitrogen and oxygen atoms in total. The molecule has 0 fully saturated rings. The third kappa shape index (κ3) is 6.82. The van der Waals surface area contributed by atoms with Crippen LogP contribution in [0, 0.1) is 19.8 Å². The molecule has 0 aliphatic heterocycles. The molecular formula is C15H23NO3. The first-order valence-electron chi connectivity index (χ1n) is 6.59. The summed E-state index contributed by atoms with van der Waals surface area (Å²) >= 11 is 0. The predicted molar refractivity (Wildman–Crippen MR) is 75.0 cm³/mol. The summed E-state index contributed by atoms with van der Waals surface area (Å²) in [6.07, 6.45) is 0.283. The Morgan fingerprint density at radius 3 is 2.42 bits per heavy atom. The second-order valence-electron chi connectivity index (χ2n) is 5.15. The highest BCUT2D eigenvalue weighted by Crippen LogP contribution is 2.16. The predicted octanol–water partition coefficient (Wildman–Crippen LogP) is 2.78. The van der Waals surface area contributed by atoms with Gasteiger partial charge in [-0.05, 0) is 43.0 Å². The van der Waals surface area contributed by atoms with Crippen molar-refractivity contribution in [1.29, 1.82) is 0 Å². The van der Waals surface area contributed by atoms with Crippen LogP contribution in [0.15, 0.2) is 18.2 Å². The second kappa shape index (κ2) is 7.79. The van der Waals surface area contributed by atoms with Crippen molar-refractivity contribution < 1.29 is 14.4 Å². The Morgan fingerprint density at radius 2 is 1.84 bits per heavy atom. The minimum Gasteiger partial charge on any atom is -0.493 e. The highest BCUT2D eigenvalue weighted by Gasteiger charge is 2.03. The van der Waals surface area contributed by atoms with Crippen molar-refractivity contribution in [2.75, 3.05) is 13.2 Å². The summed E-state index contributed by atoms with van der Waals surface area (Å²) in [5.74, 6) is 1.03. The molecule has 0 aromatic heterocycles. The van der Waals surface area contributed by atoms with E-state index in [1.807, 2.05) is 39.8 Å². The lowest BCUT2D eigenvalue weighted by Gasteiger charge is -2.09. The van der Waals surface area contributed by atoms with Crippen LogP contribution in [0.5, 0.6) is 5.75 Å². The van der Waals surface area contributed by atoms with E-state index >= 15 is 0 Å². The highest BCUT2D eigenvalue weighted by atomic mass is 16.7. The van der Waals surface area contributed by atoms with Crippen molar-refractivity contribution in [3.8, 4) is 5.75 Å². The van der Waals surface area contributed by atoms with Crippen LogP contribution in [0.2, 0.25) is 0 Å². The number of carbonyl (C=O) groups is 1. The molecule has 1 aromatic rings. The van der Waals surface area contributed by atoms with Crippen LogP contribution in [-0.4, -0.2) is 19.1 Å². The number of hydroxylamine groups is 1. The fraction of sp³-hybridized carbons (Fsp3) is 0.533. The van der Waals surface area contributed by atoms with E-state index in [0.29, 0.717) is 19.1 Å². The number of amides is 1. The van der Waals surface area contributed by atoms with Crippen LogP contribution in [0.3, 0.4) is 0 Å². The Labute approximate surface area is 115 Å².